The highest BCUT2D eigenvalue weighted by molar-refractivity contribution is 7.89. The van der Waals surface area contributed by atoms with Gasteiger partial charge in [-0.25, -0.2) is 13.1 Å². The summed E-state index contributed by atoms with van der Waals surface area (Å²) in [4.78, 5) is 20.8. The second-order valence-corrected chi connectivity index (χ2v) is 9.27. The van der Waals surface area contributed by atoms with Crippen molar-refractivity contribution in [3.63, 3.8) is 0 Å². The van der Waals surface area contributed by atoms with Gasteiger partial charge in [-0.2, -0.15) is 0 Å². The van der Waals surface area contributed by atoms with Gasteiger partial charge in [-0.3, -0.25) is 14.7 Å². The number of amides is 1. The maximum Gasteiger partial charge on any atom is 0.244 e. The second-order valence-electron chi connectivity index (χ2n) is 7.53. The van der Waals surface area contributed by atoms with Crippen molar-refractivity contribution >= 4 is 26.8 Å². The Labute approximate surface area is 176 Å². The van der Waals surface area contributed by atoms with Crippen LogP contribution in [0.5, 0.6) is 0 Å². The Bertz CT molecular complexity index is 1160. The fourth-order valence-corrected chi connectivity index (χ4v) is 5.18. The van der Waals surface area contributed by atoms with Gasteiger partial charge in [0.25, 0.3) is 0 Å². The highest BCUT2D eigenvalue weighted by atomic mass is 32.2. The van der Waals surface area contributed by atoms with Crippen molar-refractivity contribution in [2.24, 2.45) is 0 Å². The van der Waals surface area contributed by atoms with E-state index < -0.39 is 16.1 Å². The number of nitrogens with one attached hydrogen (secondary N) is 1. The summed E-state index contributed by atoms with van der Waals surface area (Å²) in [7, 11) is -0.152. The van der Waals surface area contributed by atoms with Crippen molar-refractivity contribution in [3.8, 4) is 0 Å². The van der Waals surface area contributed by atoms with Crippen LogP contribution in [-0.4, -0.2) is 62.3 Å². The zero-order valence-electron chi connectivity index (χ0n) is 16.9. The molecule has 156 valence electrons. The number of pyridine rings is 1. The molecular weight excluding hydrogens is 400 g/mol. The zero-order valence-corrected chi connectivity index (χ0v) is 17.7. The Morgan fingerprint density at radius 1 is 1.03 bits per heavy atom. The average Bonchev–Trinajstić information content (AvgIpc) is 2.76. The largest absolute Gasteiger partial charge is 0.342 e. The van der Waals surface area contributed by atoms with Crippen molar-refractivity contribution < 1.29 is 13.2 Å². The van der Waals surface area contributed by atoms with Crippen molar-refractivity contribution in [2.75, 3.05) is 27.2 Å². The van der Waals surface area contributed by atoms with E-state index in [9.17, 15) is 13.2 Å². The van der Waals surface area contributed by atoms with E-state index in [4.69, 9.17) is 0 Å². The van der Waals surface area contributed by atoms with E-state index in [0.717, 1.165) is 10.9 Å². The standard InChI is InChI=1S/C22H24N4O3S/c1-25-15-18(26(2)21(22(25)27)17-8-4-3-5-9-17)14-24-30(28,29)19-12-6-10-16-11-7-13-23-20(16)19/h3-13,18,21,24H,14-15H2,1-2H3/t18-,21+/m1/s1. The van der Waals surface area contributed by atoms with Crippen LogP contribution in [0.1, 0.15) is 11.6 Å². The molecule has 0 aliphatic carbocycles. The molecule has 0 unspecified atom stereocenters. The van der Waals surface area contributed by atoms with Gasteiger partial charge in [0.1, 0.15) is 10.9 Å². The maximum absolute atomic E-state index is 13.0. The molecule has 1 aliphatic heterocycles. The van der Waals surface area contributed by atoms with Crippen molar-refractivity contribution in [2.45, 2.75) is 17.0 Å². The first-order chi connectivity index (χ1) is 14.4. The molecule has 1 saturated heterocycles. The molecule has 1 aliphatic rings. The lowest BCUT2D eigenvalue weighted by molar-refractivity contribution is -0.142. The van der Waals surface area contributed by atoms with Gasteiger partial charge in [0, 0.05) is 37.8 Å². The second kappa shape index (κ2) is 8.14. The number of aromatic nitrogens is 1. The van der Waals surface area contributed by atoms with E-state index in [1.165, 1.54) is 0 Å². The van der Waals surface area contributed by atoms with Gasteiger partial charge in [-0.1, -0.05) is 48.5 Å². The van der Waals surface area contributed by atoms with Gasteiger partial charge in [-0.15, -0.1) is 0 Å². The Kier molecular flexibility index (Phi) is 5.55. The summed E-state index contributed by atoms with van der Waals surface area (Å²) in [6.07, 6.45) is 1.58. The molecule has 0 saturated carbocycles. The lowest BCUT2D eigenvalue weighted by atomic mass is 9.99. The molecule has 8 heteroatoms. The number of carbonyl (C=O) groups is 1. The zero-order chi connectivity index (χ0) is 21.3. The van der Waals surface area contributed by atoms with Crippen LogP contribution in [0.2, 0.25) is 0 Å². The Morgan fingerprint density at radius 3 is 2.53 bits per heavy atom. The third-order valence-electron chi connectivity index (χ3n) is 5.59. The Hall–Kier alpha value is -2.81. The summed E-state index contributed by atoms with van der Waals surface area (Å²) < 4.78 is 28.8. The minimum absolute atomic E-state index is 0.000982. The smallest absolute Gasteiger partial charge is 0.244 e. The number of hydrogen-bond donors (Lipinski definition) is 1. The summed E-state index contributed by atoms with van der Waals surface area (Å²) in [5, 5.41) is 0.768. The Morgan fingerprint density at radius 2 is 1.77 bits per heavy atom. The maximum atomic E-state index is 13.0. The summed E-state index contributed by atoms with van der Waals surface area (Å²) in [5.41, 5.74) is 1.33. The molecule has 1 N–H and O–H groups in total. The predicted octanol–water partition coefficient (Wildman–Crippen LogP) is 2.03. The monoisotopic (exact) mass is 424 g/mol. The van der Waals surface area contributed by atoms with Gasteiger partial charge < -0.3 is 4.90 Å². The number of hydrogen-bond acceptors (Lipinski definition) is 5. The van der Waals surface area contributed by atoms with E-state index in [1.807, 2.05) is 54.4 Å². The van der Waals surface area contributed by atoms with Crippen LogP contribution in [0.4, 0.5) is 0 Å². The van der Waals surface area contributed by atoms with E-state index in [0.29, 0.717) is 12.1 Å². The number of carbonyl (C=O) groups excluding carboxylic acids is 1. The van der Waals surface area contributed by atoms with Crippen LogP contribution >= 0.6 is 0 Å². The summed E-state index contributed by atoms with van der Waals surface area (Å²) in [6.45, 7) is 0.623. The lowest BCUT2D eigenvalue weighted by Gasteiger charge is -2.43. The van der Waals surface area contributed by atoms with E-state index >= 15 is 0 Å². The predicted molar refractivity (Wildman–Crippen MR) is 115 cm³/mol. The van der Waals surface area contributed by atoms with Crippen LogP contribution in [0.25, 0.3) is 10.9 Å². The molecule has 7 nitrogen and oxygen atoms in total. The highest BCUT2D eigenvalue weighted by Gasteiger charge is 2.38. The Balaban J connectivity index is 1.57. The third kappa shape index (κ3) is 3.81. The average molecular weight is 425 g/mol. The summed E-state index contributed by atoms with van der Waals surface area (Å²) in [5.74, 6) is 0.000982. The van der Waals surface area contributed by atoms with E-state index in [1.54, 1.807) is 36.3 Å². The molecule has 0 bridgehead atoms. The van der Waals surface area contributed by atoms with Crippen molar-refractivity contribution in [3.05, 3.63) is 72.4 Å². The topological polar surface area (TPSA) is 82.6 Å². The third-order valence-corrected chi connectivity index (χ3v) is 7.04. The van der Waals surface area contributed by atoms with Crippen LogP contribution < -0.4 is 4.72 Å². The fraction of sp³-hybridized carbons (Fsp3) is 0.273. The molecule has 2 atom stereocenters. The molecule has 3 aromatic rings. The molecular formula is C22H24N4O3S. The molecule has 0 spiro atoms. The number of rotatable bonds is 5. The molecule has 2 heterocycles. The minimum Gasteiger partial charge on any atom is -0.342 e. The van der Waals surface area contributed by atoms with Gasteiger partial charge in [0.15, 0.2) is 0 Å². The van der Waals surface area contributed by atoms with Crippen LogP contribution in [-0.2, 0) is 14.8 Å². The highest BCUT2D eigenvalue weighted by Crippen LogP contribution is 2.28. The fourth-order valence-electron chi connectivity index (χ4n) is 3.93. The number of piperazine rings is 1. The minimum atomic E-state index is -3.77. The van der Waals surface area contributed by atoms with Gasteiger partial charge in [0.05, 0.1) is 5.52 Å². The number of benzene rings is 2. The summed E-state index contributed by atoms with van der Waals surface area (Å²) in [6, 6.07) is 17.6. The number of nitrogens with zero attached hydrogens (tertiary/aromatic N) is 3. The number of sulfonamides is 1. The lowest BCUT2D eigenvalue weighted by Crippen LogP contribution is -2.58. The number of likely N-dealkylation sites (N-methyl/N-ethyl adjacent to an activating group) is 2. The first-order valence-electron chi connectivity index (χ1n) is 9.74. The van der Waals surface area contributed by atoms with Gasteiger partial charge in [0.2, 0.25) is 15.9 Å². The van der Waals surface area contributed by atoms with Crippen molar-refractivity contribution in [1.29, 1.82) is 0 Å². The van der Waals surface area contributed by atoms with Crippen LogP contribution in [0.15, 0.2) is 71.8 Å². The molecule has 30 heavy (non-hydrogen) atoms. The summed E-state index contributed by atoms with van der Waals surface area (Å²) >= 11 is 0. The molecule has 4 rings (SSSR count). The van der Waals surface area contributed by atoms with Crippen LogP contribution in [0.3, 0.4) is 0 Å². The molecule has 1 fully saturated rings. The van der Waals surface area contributed by atoms with Gasteiger partial charge in [-0.05, 0) is 24.7 Å². The first kappa shape index (κ1) is 20.5. The SMILES string of the molecule is CN1C[C@@H](CNS(=O)(=O)c2cccc3cccnc23)N(C)[C@@H](c2ccccc2)C1=O. The van der Waals surface area contributed by atoms with E-state index in [-0.39, 0.29) is 23.4 Å². The van der Waals surface area contributed by atoms with E-state index in [2.05, 4.69) is 9.71 Å². The number of para-hydroxylation sites is 1. The van der Waals surface area contributed by atoms with Crippen LogP contribution in [0, 0.1) is 0 Å². The van der Waals surface area contributed by atoms with Crippen molar-refractivity contribution in [1.82, 2.24) is 19.5 Å². The quantitative estimate of drug-likeness (QED) is 0.678. The van der Waals surface area contributed by atoms with Gasteiger partial charge >= 0.3 is 0 Å². The first-order valence-corrected chi connectivity index (χ1v) is 11.2. The normalized spacial score (nSPS) is 20.6. The number of fused-ring (bicyclic) bond motifs is 1. The molecule has 2 aromatic carbocycles. The molecule has 0 radical (unpaired) electrons. The molecule has 1 amide bonds. The molecule has 1 aromatic heterocycles.